The quantitative estimate of drug-likeness (QED) is 0.396. The fourth-order valence-corrected chi connectivity index (χ4v) is 5.32. The molecule has 8 heteroatoms. The Morgan fingerprint density at radius 1 is 1.09 bits per heavy atom. The first-order valence-electron chi connectivity index (χ1n) is 11.3. The molecule has 0 saturated heterocycles. The van der Waals surface area contributed by atoms with Crippen molar-refractivity contribution in [3.05, 3.63) is 92.4 Å². The second-order valence-electron chi connectivity index (χ2n) is 8.53. The van der Waals surface area contributed by atoms with Crippen molar-refractivity contribution in [2.75, 3.05) is 0 Å². The molecule has 5 rings (SSSR count). The number of pyridine rings is 1. The highest BCUT2D eigenvalue weighted by molar-refractivity contribution is 7.10. The number of nitrogens with one attached hydrogen (secondary N) is 1. The van der Waals surface area contributed by atoms with Crippen LogP contribution in [0.1, 0.15) is 41.3 Å². The van der Waals surface area contributed by atoms with Crippen LogP contribution in [0.4, 0.5) is 0 Å². The van der Waals surface area contributed by atoms with Crippen molar-refractivity contribution in [3.63, 3.8) is 0 Å². The first-order valence-corrected chi connectivity index (χ1v) is 12.2. The van der Waals surface area contributed by atoms with Gasteiger partial charge in [-0.15, -0.1) is 11.3 Å². The highest BCUT2D eigenvalue weighted by Gasteiger charge is 2.35. The number of thiophene rings is 1. The molecule has 0 spiro atoms. The number of benzene rings is 2. The molecule has 35 heavy (non-hydrogen) atoms. The summed E-state index contributed by atoms with van der Waals surface area (Å²) in [4.78, 5) is 41.5. The van der Waals surface area contributed by atoms with E-state index in [1.54, 1.807) is 0 Å². The van der Waals surface area contributed by atoms with Crippen LogP contribution in [0.2, 0.25) is 0 Å². The average molecular weight is 486 g/mol. The second kappa shape index (κ2) is 9.31. The summed E-state index contributed by atoms with van der Waals surface area (Å²) in [7, 11) is 0. The summed E-state index contributed by atoms with van der Waals surface area (Å²) in [5.74, 6) is -1.42. The number of aromatic nitrogens is 1. The topological polar surface area (TPSA) is 103 Å². The standard InChI is InChI=1S/C27H23N3O4S/c1-16-9-10-19-18(14-16)25(17-6-3-2-4-7-17)26(27(34)28-19)20-15-21(22-8-5-13-35-22)30(29-20)23(31)11-12-24(32)33/h2-10,13-14,21H,11-12,15H2,1H3,(H,28,34)(H,32,33)/t21-/m1/s1. The number of aromatic amines is 1. The average Bonchev–Trinajstić information content (AvgIpc) is 3.53. The smallest absolute Gasteiger partial charge is 0.303 e. The summed E-state index contributed by atoms with van der Waals surface area (Å²) < 4.78 is 0. The number of carbonyl (C=O) groups excluding carboxylic acids is 1. The largest absolute Gasteiger partial charge is 0.481 e. The van der Waals surface area contributed by atoms with Gasteiger partial charge in [-0.2, -0.15) is 5.10 Å². The molecule has 0 radical (unpaired) electrons. The maximum atomic E-state index is 13.5. The number of carbonyl (C=O) groups is 2. The molecule has 2 aromatic carbocycles. The van der Waals surface area contributed by atoms with Crippen molar-refractivity contribution in [1.29, 1.82) is 0 Å². The molecule has 1 aliphatic heterocycles. The normalized spacial score (nSPS) is 15.4. The number of hydrogen-bond donors (Lipinski definition) is 2. The van der Waals surface area contributed by atoms with E-state index in [1.807, 2.05) is 73.0 Å². The molecule has 0 saturated carbocycles. The van der Waals surface area contributed by atoms with Gasteiger partial charge in [0, 0.05) is 34.2 Å². The summed E-state index contributed by atoms with van der Waals surface area (Å²) >= 11 is 1.50. The van der Waals surface area contributed by atoms with E-state index in [0.29, 0.717) is 17.7 Å². The van der Waals surface area contributed by atoms with Crippen LogP contribution >= 0.6 is 11.3 Å². The highest BCUT2D eigenvalue weighted by atomic mass is 32.1. The number of hydrazone groups is 1. The molecule has 2 N–H and O–H groups in total. The van der Waals surface area contributed by atoms with E-state index in [4.69, 9.17) is 5.11 Å². The molecule has 7 nitrogen and oxygen atoms in total. The fourth-order valence-electron chi connectivity index (χ4n) is 4.51. The number of carboxylic acids is 1. The molecule has 176 valence electrons. The number of aryl methyl sites for hydroxylation is 1. The summed E-state index contributed by atoms with van der Waals surface area (Å²) in [5.41, 5.74) is 4.12. The number of carboxylic acid groups (broad SMARTS) is 1. The number of H-pyrrole nitrogens is 1. The van der Waals surface area contributed by atoms with Gasteiger partial charge in [-0.25, -0.2) is 5.01 Å². The minimum Gasteiger partial charge on any atom is -0.481 e. The van der Waals surface area contributed by atoms with Gasteiger partial charge in [0.2, 0.25) is 5.91 Å². The number of nitrogens with zero attached hydrogens (tertiary/aromatic N) is 2. The Hall–Kier alpha value is -4.04. The fraction of sp³-hybridized carbons (Fsp3) is 0.185. The minimum atomic E-state index is -1.04. The zero-order valence-corrected chi connectivity index (χ0v) is 19.8. The van der Waals surface area contributed by atoms with Gasteiger partial charge in [-0.3, -0.25) is 14.4 Å². The first kappa shape index (κ1) is 22.7. The third-order valence-electron chi connectivity index (χ3n) is 6.11. The third-order valence-corrected chi connectivity index (χ3v) is 7.08. The zero-order chi connectivity index (χ0) is 24.5. The lowest BCUT2D eigenvalue weighted by molar-refractivity contribution is -0.141. The van der Waals surface area contributed by atoms with Crippen LogP contribution in [-0.4, -0.2) is 32.7 Å². The van der Waals surface area contributed by atoms with Gasteiger partial charge >= 0.3 is 5.97 Å². The molecule has 4 aromatic rings. The number of rotatable bonds is 6. The number of fused-ring (bicyclic) bond motifs is 1. The lowest BCUT2D eigenvalue weighted by Gasteiger charge is -2.20. The lowest BCUT2D eigenvalue weighted by atomic mass is 9.91. The molecule has 3 heterocycles. The van der Waals surface area contributed by atoms with Crippen molar-refractivity contribution < 1.29 is 14.7 Å². The number of aliphatic carboxylic acids is 1. The molecule has 1 amide bonds. The highest BCUT2D eigenvalue weighted by Crippen LogP contribution is 2.38. The van der Waals surface area contributed by atoms with E-state index in [0.717, 1.165) is 32.5 Å². The summed E-state index contributed by atoms with van der Waals surface area (Å²) in [6.07, 6.45) is -0.0746. The molecule has 0 aliphatic carbocycles. The maximum absolute atomic E-state index is 13.5. The molecule has 1 atom stereocenters. The van der Waals surface area contributed by atoms with Gasteiger partial charge in [0.1, 0.15) is 0 Å². The Morgan fingerprint density at radius 2 is 1.89 bits per heavy atom. The van der Waals surface area contributed by atoms with Crippen molar-refractivity contribution >= 4 is 39.8 Å². The Morgan fingerprint density at radius 3 is 2.60 bits per heavy atom. The number of hydrogen-bond acceptors (Lipinski definition) is 5. The van der Waals surface area contributed by atoms with Crippen molar-refractivity contribution in [2.45, 2.75) is 32.2 Å². The maximum Gasteiger partial charge on any atom is 0.303 e. The van der Waals surface area contributed by atoms with Crippen LogP contribution in [0.5, 0.6) is 0 Å². The van der Waals surface area contributed by atoms with Crippen molar-refractivity contribution in [3.8, 4) is 11.1 Å². The molecule has 0 unspecified atom stereocenters. The predicted molar refractivity (Wildman–Crippen MR) is 137 cm³/mol. The Bertz CT molecular complexity index is 1510. The van der Waals surface area contributed by atoms with Gasteiger partial charge in [0.05, 0.1) is 23.7 Å². The van der Waals surface area contributed by atoms with Crippen LogP contribution in [-0.2, 0) is 9.59 Å². The van der Waals surface area contributed by atoms with Crippen LogP contribution < -0.4 is 5.56 Å². The van der Waals surface area contributed by atoms with Crippen molar-refractivity contribution in [1.82, 2.24) is 9.99 Å². The number of amides is 1. The van der Waals surface area contributed by atoms with E-state index in [2.05, 4.69) is 10.1 Å². The van der Waals surface area contributed by atoms with E-state index >= 15 is 0 Å². The van der Waals surface area contributed by atoms with Gasteiger partial charge in [0.25, 0.3) is 5.56 Å². The monoisotopic (exact) mass is 485 g/mol. The third kappa shape index (κ3) is 4.40. The summed E-state index contributed by atoms with van der Waals surface area (Å²) in [6.45, 7) is 2.00. The second-order valence-corrected chi connectivity index (χ2v) is 9.51. The van der Waals surface area contributed by atoms with Gasteiger partial charge in [-0.05, 0) is 36.1 Å². The van der Waals surface area contributed by atoms with E-state index in [9.17, 15) is 14.4 Å². The van der Waals surface area contributed by atoms with Crippen LogP contribution in [0.25, 0.3) is 22.0 Å². The lowest BCUT2D eigenvalue weighted by Crippen LogP contribution is -2.26. The van der Waals surface area contributed by atoms with Gasteiger partial charge < -0.3 is 10.1 Å². The van der Waals surface area contributed by atoms with Crippen LogP contribution in [0, 0.1) is 6.92 Å². The minimum absolute atomic E-state index is 0.160. The van der Waals surface area contributed by atoms with E-state index in [-0.39, 0.29) is 30.3 Å². The Balaban J connectivity index is 1.70. The summed E-state index contributed by atoms with van der Waals surface area (Å²) in [6, 6.07) is 19.0. The molecule has 2 aromatic heterocycles. The van der Waals surface area contributed by atoms with Crippen LogP contribution in [0.3, 0.4) is 0 Å². The molecule has 0 bridgehead atoms. The Labute approximate surface area is 205 Å². The van der Waals surface area contributed by atoms with Crippen LogP contribution in [0.15, 0.2) is 75.9 Å². The zero-order valence-electron chi connectivity index (χ0n) is 19.0. The van der Waals surface area contributed by atoms with Crippen molar-refractivity contribution in [2.24, 2.45) is 5.10 Å². The van der Waals surface area contributed by atoms with Gasteiger partial charge in [0.15, 0.2) is 0 Å². The Kier molecular flexibility index (Phi) is 6.05. The molecular weight excluding hydrogens is 462 g/mol. The predicted octanol–water partition coefficient (Wildman–Crippen LogP) is 5.11. The van der Waals surface area contributed by atoms with Gasteiger partial charge in [-0.1, -0.05) is 48.0 Å². The molecule has 0 fully saturated rings. The first-order chi connectivity index (χ1) is 16.9. The van der Waals surface area contributed by atoms with E-state index < -0.39 is 5.97 Å². The molecule has 1 aliphatic rings. The molecular formula is C27H23N3O4S. The SMILES string of the molecule is Cc1ccc2[nH]c(=O)c(C3=NN(C(=O)CCC(=O)O)[C@@H](c4cccs4)C3)c(-c3ccccc3)c2c1. The summed E-state index contributed by atoms with van der Waals surface area (Å²) in [5, 5.41) is 17.9. The van der Waals surface area contributed by atoms with E-state index in [1.165, 1.54) is 16.3 Å².